The molecule has 2 aromatic rings. The van der Waals surface area contributed by atoms with Crippen molar-refractivity contribution in [1.29, 1.82) is 0 Å². The topological polar surface area (TPSA) is 91.7 Å². The van der Waals surface area contributed by atoms with Crippen LogP contribution >= 0.6 is 0 Å². The van der Waals surface area contributed by atoms with Crippen molar-refractivity contribution in [3.63, 3.8) is 0 Å². The molecule has 0 amide bonds. The third-order valence-corrected chi connectivity index (χ3v) is 5.94. The summed E-state index contributed by atoms with van der Waals surface area (Å²) in [7, 11) is 0. The van der Waals surface area contributed by atoms with Crippen molar-refractivity contribution >= 4 is 5.97 Å². The summed E-state index contributed by atoms with van der Waals surface area (Å²) in [5.74, 6) is 1.49. The van der Waals surface area contributed by atoms with Gasteiger partial charge in [-0.05, 0) is 41.7 Å². The van der Waals surface area contributed by atoms with E-state index < -0.39 is 0 Å². The number of fused-ring (bicyclic) bond motifs is 2. The molecular weight excluding hydrogens is 424 g/mol. The fraction of sp³-hybridized carbons (Fsp3) is 0.480. The summed E-state index contributed by atoms with van der Waals surface area (Å²) < 4.78 is 11.2. The number of benzene rings is 2. The third kappa shape index (κ3) is 6.45. The zero-order chi connectivity index (χ0) is 23.0. The molecule has 2 heterocycles. The molecule has 0 aliphatic carbocycles. The van der Waals surface area contributed by atoms with E-state index in [-0.39, 0.29) is 19.2 Å². The third-order valence-electron chi connectivity index (χ3n) is 5.94. The molecule has 0 atom stereocenters. The largest absolute Gasteiger partial charge is 0.478 e. The summed E-state index contributed by atoms with van der Waals surface area (Å²) in [5, 5.41) is 19.9. The predicted octanol–water partition coefficient (Wildman–Crippen LogP) is 1.69. The van der Waals surface area contributed by atoms with E-state index in [4.69, 9.17) is 24.5 Å². The molecule has 0 saturated heterocycles. The van der Waals surface area contributed by atoms with Crippen LogP contribution in [-0.4, -0.2) is 72.3 Å². The molecule has 8 nitrogen and oxygen atoms in total. The van der Waals surface area contributed by atoms with E-state index in [2.05, 4.69) is 12.1 Å². The van der Waals surface area contributed by atoms with Gasteiger partial charge in [0.25, 0.3) is 0 Å². The van der Waals surface area contributed by atoms with E-state index in [9.17, 15) is 4.79 Å². The van der Waals surface area contributed by atoms with Crippen LogP contribution in [0.4, 0.5) is 0 Å². The standard InChI is InChI=1S/C25H32N2O6/c28-12-10-26-17-22-16-20(1-4-23(22)32-18-26)8-14-31-25(30)6-3-19-2-5-24-21(15-19)7-9-27(33-24)11-13-29/h1-2,4-5,15-16,28-29H,3,6-14,17-18H2. The van der Waals surface area contributed by atoms with Gasteiger partial charge in [0, 0.05) is 38.0 Å². The summed E-state index contributed by atoms with van der Waals surface area (Å²) in [5.41, 5.74) is 4.41. The number of β-amino-alcohol motifs (C(OH)–C–C–N with tert-alkyl or cyclic N) is 2. The Bertz CT molecular complexity index is 950. The first-order valence-corrected chi connectivity index (χ1v) is 11.5. The van der Waals surface area contributed by atoms with Crippen LogP contribution < -0.4 is 9.57 Å². The zero-order valence-corrected chi connectivity index (χ0v) is 18.9. The van der Waals surface area contributed by atoms with E-state index in [1.54, 1.807) is 5.06 Å². The number of hydrogen-bond acceptors (Lipinski definition) is 8. The Morgan fingerprint density at radius 2 is 1.73 bits per heavy atom. The number of carbonyl (C=O) groups excluding carboxylic acids is 1. The Kier molecular flexibility index (Phi) is 8.17. The van der Waals surface area contributed by atoms with E-state index in [0.29, 0.717) is 45.7 Å². The maximum atomic E-state index is 12.2. The van der Waals surface area contributed by atoms with Crippen LogP contribution in [0.5, 0.6) is 11.5 Å². The van der Waals surface area contributed by atoms with Gasteiger partial charge in [0.1, 0.15) is 12.5 Å². The predicted molar refractivity (Wildman–Crippen MR) is 122 cm³/mol. The number of ether oxygens (including phenoxy) is 2. The van der Waals surface area contributed by atoms with Crippen molar-refractivity contribution in [2.24, 2.45) is 0 Å². The molecule has 4 rings (SSSR count). The van der Waals surface area contributed by atoms with Gasteiger partial charge >= 0.3 is 5.97 Å². The van der Waals surface area contributed by atoms with Crippen molar-refractivity contribution in [3.05, 3.63) is 58.7 Å². The number of esters is 1. The maximum Gasteiger partial charge on any atom is 0.306 e. The number of hydrogen-bond donors (Lipinski definition) is 2. The molecule has 0 bridgehead atoms. The maximum absolute atomic E-state index is 12.2. The highest BCUT2D eigenvalue weighted by atomic mass is 16.7. The molecule has 2 N–H and O–H groups in total. The summed E-state index contributed by atoms with van der Waals surface area (Å²) in [4.78, 5) is 20.0. The minimum Gasteiger partial charge on any atom is -0.478 e. The average Bonchev–Trinajstić information content (AvgIpc) is 2.83. The van der Waals surface area contributed by atoms with Gasteiger partial charge in [-0.3, -0.25) is 9.69 Å². The van der Waals surface area contributed by atoms with E-state index >= 15 is 0 Å². The monoisotopic (exact) mass is 456 g/mol. The highest BCUT2D eigenvalue weighted by molar-refractivity contribution is 5.69. The van der Waals surface area contributed by atoms with Crippen LogP contribution in [0.1, 0.15) is 28.7 Å². The Labute approximate surface area is 194 Å². The van der Waals surface area contributed by atoms with Gasteiger partial charge in [-0.15, -0.1) is 5.06 Å². The second kappa shape index (κ2) is 11.5. The summed E-state index contributed by atoms with van der Waals surface area (Å²) >= 11 is 0. The van der Waals surface area contributed by atoms with Gasteiger partial charge in [-0.2, -0.15) is 0 Å². The molecule has 0 spiro atoms. The molecular formula is C25H32N2O6. The van der Waals surface area contributed by atoms with E-state index in [1.165, 1.54) is 0 Å². The van der Waals surface area contributed by atoms with Crippen molar-refractivity contribution in [3.8, 4) is 11.5 Å². The molecule has 0 radical (unpaired) electrons. The number of nitrogens with zero attached hydrogens (tertiary/aromatic N) is 2. The zero-order valence-electron chi connectivity index (χ0n) is 18.9. The first-order chi connectivity index (χ1) is 16.1. The first-order valence-electron chi connectivity index (χ1n) is 11.5. The van der Waals surface area contributed by atoms with Gasteiger partial charge in [0.2, 0.25) is 0 Å². The van der Waals surface area contributed by atoms with Crippen LogP contribution in [-0.2, 0) is 35.3 Å². The molecule has 8 heteroatoms. The molecule has 178 valence electrons. The molecule has 0 aromatic heterocycles. The Balaban J connectivity index is 1.20. The lowest BCUT2D eigenvalue weighted by Crippen LogP contribution is -2.35. The molecule has 2 aromatic carbocycles. The number of aryl methyl sites for hydroxylation is 1. The summed E-state index contributed by atoms with van der Waals surface area (Å²) in [6.07, 6.45) is 2.48. The smallest absolute Gasteiger partial charge is 0.306 e. The SMILES string of the molecule is O=C(CCc1ccc2c(c1)CCN(CCO)O2)OCCc1ccc2c(c1)CN(CCO)CO2. The number of rotatable bonds is 10. The first kappa shape index (κ1) is 23.5. The molecule has 0 unspecified atom stereocenters. The van der Waals surface area contributed by atoms with Gasteiger partial charge in [0.05, 0.1) is 26.4 Å². The van der Waals surface area contributed by atoms with E-state index in [0.717, 1.165) is 53.3 Å². The fourth-order valence-electron chi connectivity index (χ4n) is 4.16. The molecule has 0 fully saturated rings. The van der Waals surface area contributed by atoms with Crippen LogP contribution in [0.25, 0.3) is 0 Å². The van der Waals surface area contributed by atoms with Crippen LogP contribution in [0.3, 0.4) is 0 Å². The van der Waals surface area contributed by atoms with Crippen molar-refractivity contribution < 1.29 is 29.3 Å². The number of hydroxylamine groups is 2. The van der Waals surface area contributed by atoms with E-state index in [1.807, 2.05) is 29.2 Å². The molecule has 33 heavy (non-hydrogen) atoms. The van der Waals surface area contributed by atoms with Crippen LogP contribution in [0.2, 0.25) is 0 Å². The van der Waals surface area contributed by atoms with Gasteiger partial charge in [-0.1, -0.05) is 24.3 Å². The molecule has 0 saturated carbocycles. The Morgan fingerprint density at radius 1 is 0.970 bits per heavy atom. The highest BCUT2D eigenvalue weighted by Gasteiger charge is 2.19. The lowest BCUT2D eigenvalue weighted by Gasteiger charge is -2.28. The van der Waals surface area contributed by atoms with Crippen LogP contribution in [0, 0.1) is 0 Å². The van der Waals surface area contributed by atoms with Crippen LogP contribution in [0.15, 0.2) is 36.4 Å². The second-order valence-electron chi connectivity index (χ2n) is 8.40. The lowest BCUT2D eigenvalue weighted by molar-refractivity contribution is -0.143. The normalized spacial score (nSPS) is 15.8. The van der Waals surface area contributed by atoms with Gasteiger partial charge in [0.15, 0.2) is 5.75 Å². The minimum absolute atomic E-state index is 0.0691. The van der Waals surface area contributed by atoms with Crippen molar-refractivity contribution in [2.75, 3.05) is 46.2 Å². The molecule has 2 aliphatic rings. The number of aliphatic hydroxyl groups is 2. The second-order valence-corrected chi connectivity index (χ2v) is 8.40. The van der Waals surface area contributed by atoms with Gasteiger partial charge < -0.3 is 24.5 Å². The molecule has 2 aliphatic heterocycles. The summed E-state index contributed by atoms with van der Waals surface area (Å²) in [6, 6.07) is 12.1. The highest BCUT2D eigenvalue weighted by Crippen LogP contribution is 2.27. The Hall–Kier alpha value is -2.65. The lowest BCUT2D eigenvalue weighted by atomic mass is 10.0. The minimum atomic E-state index is -0.200. The number of carbonyl (C=O) groups is 1. The average molecular weight is 457 g/mol. The number of aliphatic hydroxyl groups excluding tert-OH is 2. The van der Waals surface area contributed by atoms with Crippen molar-refractivity contribution in [1.82, 2.24) is 9.96 Å². The fourth-order valence-corrected chi connectivity index (χ4v) is 4.16. The summed E-state index contributed by atoms with van der Waals surface area (Å²) in [6.45, 7) is 3.58. The van der Waals surface area contributed by atoms with Crippen molar-refractivity contribution in [2.45, 2.75) is 32.2 Å². The van der Waals surface area contributed by atoms with Gasteiger partial charge in [-0.25, -0.2) is 0 Å². The quantitative estimate of drug-likeness (QED) is 0.522. The Morgan fingerprint density at radius 3 is 2.55 bits per heavy atom.